The summed E-state index contributed by atoms with van der Waals surface area (Å²) in [6, 6.07) is 0. The quantitative estimate of drug-likeness (QED) is 0.600. The lowest BCUT2D eigenvalue weighted by atomic mass is 9.47. The standard InChI is InChI=1S/C19H29FO3/c1-18-8-7-12-10(11(18)5-6-15(18)22)3-4-13-17(20)14(21)9-16(23)19(12,13)2/h4,10-12,14-17,21-23H,3,5-9H2,1-2H3/t10-,11-,12-,14-,15-,16?,17-,18-,19+/m0/s1. The molecule has 3 saturated carbocycles. The highest BCUT2D eigenvalue weighted by Gasteiger charge is 2.62. The van der Waals surface area contributed by atoms with E-state index in [4.69, 9.17) is 0 Å². The van der Waals surface area contributed by atoms with E-state index in [1.165, 1.54) is 0 Å². The smallest absolute Gasteiger partial charge is 0.148 e. The number of fused-ring (bicyclic) bond motifs is 5. The van der Waals surface area contributed by atoms with Crippen LogP contribution in [-0.4, -0.2) is 39.8 Å². The zero-order valence-electron chi connectivity index (χ0n) is 14.1. The zero-order chi connectivity index (χ0) is 16.6. The van der Waals surface area contributed by atoms with Gasteiger partial charge in [-0.05, 0) is 60.8 Å². The third kappa shape index (κ3) is 1.92. The zero-order valence-corrected chi connectivity index (χ0v) is 14.1. The number of halogens is 1. The second-order valence-electron chi connectivity index (χ2n) is 8.91. The molecule has 4 heteroatoms. The number of alkyl halides is 1. The van der Waals surface area contributed by atoms with Crippen molar-refractivity contribution in [2.24, 2.45) is 28.6 Å². The first-order valence-electron chi connectivity index (χ1n) is 9.19. The van der Waals surface area contributed by atoms with Crippen LogP contribution in [0.2, 0.25) is 0 Å². The average molecular weight is 324 g/mol. The Kier molecular flexibility index (Phi) is 3.51. The molecule has 0 aromatic heterocycles. The Balaban J connectivity index is 1.73. The SMILES string of the molecule is C[C@]12CC[C@H]3[C@@H](CC=C4[C@H](F)[C@@H](O)CC(O)[C@@]43C)[C@@H]1CC[C@@H]2O. The summed E-state index contributed by atoms with van der Waals surface area (Å²) in [6.45, 7) is 4.22. The van der Waals surface area contributed by atoms with Crippen LogP contribution in [0.3, 0.4) is 0 Å². The van der Waals surface area contributed by atoms with E-state index in [0.29, 0.717) is 17.4 Å². The largest absolute Gasteiger partial charge is 0.393 e. The molecule has 0 aromatic rings. The van der Waals surface area contributed by atoms with Crippen molar-refractivity contribution in [2.45, 2.75) is 76.9 Å². The van der Waals surface area contributed by atoms with E-state index in [0.717, 1.165) is 32.1 Å². The Morgan fingerprint density at radius 2 is 1.78 bits per heavy atom. The van der Waals surface area contributed by atoms with E-state index < -0.39 is 23.8 Å². The number of hydrogen-bond donors (Lipinski definition) is 3. The number of aliphatic hydroxyl groups is 3. The fourth-order valence-electron chi connectivity index (χ4n) is 6.68. The summed E-state index contributed by atoms with van der Waals surface area (Å²) in [5, 5.41) is 31.1. The Morgan fingerprint density at radius 1 is 1.04 bits per heavy atom. The molecule has 1 unspecified atom stereocenters. The van der Waals surface area contributed by atoms with Gasteiger partial charge in [0.05, 0.1) is 18.3 Å². The lowest BCUT2D eigenvalue weighted by Gasteiger charge is -2.59. The molecule has 130 valence electrons. The van der Waals surface area contributed by atoms with Crippen LogP contribution in [0.5, 0.6) is 0 Å². The second-order valence-corrected chi connectivity index (χ2v) is 8.91. The Morgan fingerprint density at radius 3 is 2.52 bits per heavy atom. The maximum Gasteiger partial charge on any atom is 0.148 e. The van der Waals surface area contributed by atoms with Crippen molar-refractivity contribution in [2.75, 3.05) is 0 Å². The molecule has 0 amide bonds. The molecule has 0 heterocycles. The number of hydrogen-bond acceptors (Lipinski definition) is 3. The monoisotopic (exact) mass is 324 g/mol. The van der Waals surface area contributed by atoms with Crippen molar-refractivity contribution >= 4 is 0 Å². The molecule has 9 atom stereocenters. The first kappa shape index (κ1) is 16.0. The fourth-order valence-corrected chi connectivity index (χ4v) is 6.68. The van der Waals surface area contributed by atoms with Gasteiger partial charge in [-0.2, -0.15) is 0 Å². The van der Waals surface area contributed by atoms with Gasteiger partial charge in [-0.15, -0.1) is 0 Å². The highest BCUT2D eigenvalue weighted by atomic mass is 19.1. The Bertz CT molecular complexity index is 535. The molecule has 3 nitrogen and oxygen atoms in total. The van der Waals surface area contributed by atoms with E-state index in [1.807, 2.05) is 13.0 Å². The van der Waals surface area contributed by atoms with Gasteiger partial charge < -0.3 is 15.3 Å². The summed E-state index contributed by atoms with van der Waals surface area (Å²) in [7, 11) is 0. The molecule has 4 rings (SSSR count). The van der Waals surface area contributed by atoms with Crippen LogP contribution in [0.15, 0.2) is 11.6 Å². The molecular weight excluding hydrogens is 295 g/mol. The fraction of sp³-hybridized carbons (Fsp3) is 0.895. The van der Waals surface area contributed by atoms with Gasteiger partial charge in [0.1, 0.15) is 6.17 Å². The van der Waals surface area contributed by atoms with Crippen molar-refractivity contribution in [3.63, 3.8) is 0 Å². The van der Waals surface area contributed by atoms with E-state index in [9.17, 15) is 19.7 Å². The minimum absolute atomic E-state index is 0.0167. The highest BCUT2D eigenvalue weighted by molar-refractivity contribution is 5.31. The molecule has 4 aliphatic rings. The molecule has 4 aliphatic carbocycles. The molecule has 0 spiro atoms. The summed E-state index contributed by atoms with van der Waals surface area (Å²) >= 11 is 0. The van der Waals surface area contributed by atoms with Crippen molar-refractivity contribution in [3.05, 3.63) is 11.6 Å². The maximum absolute atomic E-state index is 14.6. The van der Waals surface area contributed by atoms with Gasteiger partial charge in [0, 0.05) is 11.8 Å². The topological polar surface area (TPSA) is 60.7 Å². The minimum Gasteiger partial charge on any atom is -0.393 e. The van der Waals surface area contributed by atoms with Gasteiger partial charge in [0.2, 0.25) is 0 Å². The van der Waals surface area contributed by atoms with Crippen molar-refractivity contribution in [3.8, 4) is 0 Å². The number of allylic oxidation sites excluding steroid dienone is 1. The van der Waals surface area contributed by atoms with Crippen LogP contribution >= 0.6 is 0 Å². The normalized spacial score (nSPS) is 58.9. The van der Waals surface area contributed by atoms with Crippen molar-refractivity contribution in [1.29, 1.82) is 0 Å². The summed E-state index contributed by atoms with van der Waals surface area (Å²) in [5.74, 6) is 1.13. The van der Waals surface area contributed by atoms with Crippen LogP contribution in [0.25, 0.3) is 0 Å². The van der Waals surface area contributed by atoms with E-state index in [1.54, 1.807) is 0 Å². The van der Waals surface area contributed by atoms with Gasteiger partial charge in [0.25, 0.3) is 0 Å². The highest BCUT2D eigenvalue weighted by Crippen LogP contribution is 2.64. The average Bonchev–Trinajstić information content (AvgIpc) is 2.81. The minimum atomic E-state index is -1.34. The number of aliphatic hydroxyl groups excluding tert-OH is 3. The van der Waals surface area contributed by atoms with E-state index in [-0.39, 0.29) is 23.9 Å². The molecule has 0 aliphatic heterocycles. The Hall–Kier alpha value is -0.450. The van der Waals surface area contributed by atoms with Gasteiger partial charge in [0.15, 0.2) is 0 Å². The first-order valence-corrected chi connectivity index (χ1v) is 9.19. The molecule has 3 fully saturated rings. The molecule has 23 heavy (non-hydrogen) atoms. The summed E-state index contributed by atoms with van der Waals surface area (Å²) in [5.41, 5.74) is 0.0558. The maximum atomic E-state index is 14.6. The second kappa shape index (κ2) is 5.03. The van der Waals surface area contributed by atoms with Crippen molar-refractivity contribution in [1.82, 2.24) is 0 Å². The summed E-state index contributed by atoms with van der Waals surface area (Å²) in [6.07, 6.45) is 3.38. The first-order chi connectivity index (χ1) is 10.8. The molecular formula is C19H29FO3. The lowest BCUT2D eigenvalue weighted by molar-refractivity contribution is -0.125. The van der Waals surface area contributed by atoms with Gasteiger partial charge in [-0.25, -0.2) is 4.39 Å². The molecule has 3 N–H and O–H groups in total. The predicted octanol–water partition coefficient (Wildman–Crippen LogP) is 2.59. The molecule has 0 bridgehead atoms. The third-order valence-corrected chi connectivity index (χ3v) is 8.18. The van der Waals surface area contributed by atoms with Gasteiger partial charge in [-0.1, -0.05) is 19.9 Å². The summed E-state index contributed by atoms with van der Waals surface area (Å²) in [4.78, 5) is 0. The molecule has 0 radical (unpaired) electrons. The van der Waals surface area contributed by atoms with Crippen LogP contribution in [0, 0.1) is 28.6 Å². The van der Waals surface area contributed by atoms with Crippen LogP contribution in [0.1, 0.15) is 52.4 Å². The predicted molar refractivity (Wildman–Crippen MR) is 85.4 cm³/mol. The molecule has 0 saturated heterocycles. The van der Waals surface area contributed by atoms with Crippen LogP contribution < -0.4 is 0 Å². The number of rotatable bonds is 0. The summed E-state index contributed by atoms with van der Waals surface area (Å²) < 4.78 is 14.6. The molecule has 0 aromatic carbocycles. The third-order valence-electron chi connectivity index (χ3n) is 8.18. The van der Waals surface area contributed by atoms with Crippen molar-refractivity contribution < 1.29 is 19.7 Å². The van der Waals surface area contributed by atoms with Crippen LogP contribution in [-0.2, 0) is 0 Å². The van der Waals surface area contributed by atoms with Gasteiger partial charge >= 0.3 is 0 Å². The van der Waals surface area contributed by atoms with E-state index in [2.05, 4.69) is 6.92 Å². The van der Waals surface area contributed by atoms with E-state index >= 15 is 0 Å². The van der Waals surface area contributed by atoms with Crippen LogP contribution in [0.4, 0.5) is 4.39 Å². The Labute approximate surface area is 137 Å². The van der Waals surface area contributed by atoms with Gasteiger partial charge in [-0.3, -0.25) is 0 Å². The lowest BCUT2D eigenvalue weighted by Crippen LogP contribution is -2.58.